The lowest BCUT2D eigenvalue weighted by atomic mass is 10.2. The van der Waals surface area contributed by atoms with Crippen LogP contribution in [0, 0.1) is 0 Å². The maximum atomic E-state index is 11.8. The molecule has 15 heavy (non-hydrogen) atoms. The van der Waals surface area contributed by atoms with Gasteiger partial charge >= 0.3 is 6.36 Å². The van der Waals surface area contributed by atoms with Crippen molar-refractivity contribution in [2.75, 3.05) is 0 Å². The van der Waals surface area contributed by atoms with Gasteiger partial charge in [-0.1, -0.05) is 17.7 Å². The van der Waals surface area contributed by atoms with E-state index < -0.39 is 6.36 Å². The molecule has 0 spiro atoms. The average molecular weight is 262 g/mol. The second-order valence-corrected chi connectivity index (χ2v) is 2.91. The van der Waals surface area contributed by atoms with Gasteiger partial charge in [0.2, 0.25) is 0 Å². The van der Waals surface area contributed by atoms with Gasteiger partial charge in [0, 0.05) is 11.6 Å². The molecule has 1 rings (SSSR count). The number of hydrogen-bond acceptors (Lipinski definition) is 2. The van der Waals surface area contributed by atoms with Crippen LogP contribution in [0.3, 0.4) is 0 Å². The van der Waals surface area contributed by atoms with Crippen molar-refractivity contribution in [1.29, 1.82) is 0 Å². The van der Waals surface area contributed by atoms with Gasteiger partial charge in [-0.15, -0.1) is 25.6 Å². The fourth-order valence-corrected chi connectivity index (χ4v) is 1.14. The second kappa shape index (κ2) is 5.44. The summed E-state index contributed by atoms with van der Waals surface area (Å²) in [5, 5.41) is 0.161. The van der Waals surface area contributed by atoms with Crippen molar-refractivity contribution in [3.8, 4) is 5.75 Å². The van der Waals surface area contributed by atoms with Gasteiger partial charge in [-0.2, -0.15) is 0 Å². The van der Waals surface area contributed by atoms with E-state index in [1.54, 1.807) is 0 Å². The molecule has 0 radical (unpaired) electrons. The Morgan fingerprint density at radius 2 is 1.93 bits per heavy atom. The molecule has 0 aliphatic rings. The standard InChI is InChI=1S/C8H7ClF3NO.ClH/c9-7-3-6(14-8(10,11)12)2-1-5(7)4-13;/h1-3H,4,13H2;1H. The molecular formula is C8H8Cl2F3NO. The molecule has 0 aliphatic heterocycles. The maximum absolute atomic E-state index is 11.8. The van der Waals surface area contributed by atoms with Crippen LogP contribution in [0.25, 0.3) is 0 Å². The van der Waals surface area contributed by atoms with E-state index in [-0.39, 0.29) is 29.7 Å². The SMILES string of the molecule is Cl.NCc1ccc(OC(F)(F)F)cc1Cl. The van der Waals surface area contributed by atoms with Crippen LogP contribution in [0.1, 0.15) is 5.56 Å². The molecule has 0 saturated heterocycles. The van der Waals surface area contributed by atoms with Gasteiger partial charge in [0.05, 0.1) is 0 Å². The lowest BCUT2D eigenvalue weighted by Crippen LogP contribution is -2.17. The molecule has 86 valence electrons. The zero-order valence-corrected chi connectivity index (χ0v) is 8.92. The first-order valence-corrected chi connectivity index (χ1v) is 4.04. The summed E-state index contributed by atoms with van der Waals surface area (Å²) in [6.45, 7) is 0.172. The fraction of sp³-hybridized carbons (Fsp3) is 0.250. The molecule has 0 fully saturated rings. The Balaban J connectivity index is 0.00000196. The summed E-state index contributed by atoms with van der Waals surface area (Å²) in [4.78, 5) is 0. The zero-order valence-electron chi connectivity index (χ0n) is 7.34. The Bertz CT molecular complexity index is 330. The van der Waals surface area contributed by atoms with Crippen molar-refractivity contribution < 1.29 is 17.9 Å². The van der Waals surface area contributed by atoms with E-state index >= 15 is 0 Å². The lowest BCUT2D eigenvalue weighted by molar-refractivity contribution is -0.274. The van der Waals surface area contributed by atoms with Crippen LogP contribution in [0.5, 0.6) is 5.75 Å². The van der Waals surface area contributed by atoms with Crippen molar-refractivity contribution in [3.05, 3.63) is 28.8 Å². The summed E-state index contributed by atoms with van der Waals surface area (Å²) >= 11 is 5.63. The van der Waals surface area contributed by atoms with E-state index in [0.717, 1.165) is 6.07 Å². The monoisotopic (exact) mass is 261 g/mol. The minimum Gasteiger partial charge on any atom is -0.406 e. The van der Waals surface area contributed by atoms with Gasteiger partial charge in [-0.05, 0) is 17.7 Å². The Kier molecular flexibility index (Phi) is 5.20. The van der Waals surface area contributed by atoms with Crippen molar-refractivity contribution in [2.24, 2.45) is 5.73 Å². The zero-order chi connectivity index (χ0) is 10.8. The minimum absolute atomic E-state index is 0. The summed E-state index contributed by atoms with van der Waals surface area (Å²) < 4.78 is 39.0. The third kappa shape index (κ3) is 4.59. The van der Waals surface area contributed by atoms with Gasteiger partial charge in [0.15, 0.2) is 0 Å². The van der Waals surface area contributed by atoms with Crippen LogP contribution < -0.4 is 10.5 Å². The van der Waals surface area contributed by atoms with Crippen LogP contribution >= 0.6 is 24.0 Å². The number of hydrogen-bond donors (Lipinski definition) is 1. The second-order valence-electron chi connectivity index (χ2n) is 2.51. The molecule has 7 heteroatoms. The molecule has 0 aliphatic carbocycles. The van der Waals surface area contributed by atoms with Crippen LogP contribution in [0.2, 0.25) is 5.02 Å². The number of benzene rings is 1. The molecule has 2 nitrogen and oxygen atoms in total. The van der Waals surface area contributed by atoms with Gasteiger partial charge < -0.3 is 10.5 Å². The van der Waals surface area contributed by atoms with Crippen molar-refractivity contribution in [2.45, 2.75) is 12.9 Å². The molecule has 0 atom stereocenters. The molecule has 1 aromatic carbocycles. The molecule has 0 unspecified atom stereocenters. The van der Waals surface area contributed by atoms with E-state index in [0.29, 0.717) is 5.56 Å². The summed E-state index contributed by atoms with van der Waals surface area (Å²) in [7, 11) is 0. The van der Waals surface area contributed by atoms with E-state index in [1.807, 2.05) is 0 Å². The summed E-state index contributed by atoms with van der Waals surface area (Å²) in [5.74, 6) is -0.347. The molecule has 0 amide bonds. The quantitative estimate of drug-likeness (QED) is 0.888. The number of alkyl halides is 3. The normalized spacial score (nSPS) is 10.7. The van der Waals surface area contributed by atoms with Gasteiger partial charge in [0.25, 0.3) is 0 Å². The van der Waals surface area contributed by atoms with E-state index in [4.69, 9.17) is 17.3 Å². The molecule has 0 heterocycles. The fourth-order valence-electron chi connectivity index (χ4n) is 0.891. The first-order chi connectivity index (χ1) is 6.42. The minimum atomic E-state index is -4.70. The van der Waals surface area contributed by atoms with Gasteiger partial charge in [-0.3, -0.25) is 0 Å². The van der Waals surface area contributed by atoms with Crippen molar-refractivity contribution in [3.63, 3.8) is 0 Å². The Morgan fingerprint density at radius 3 is 2.33 bits per heavy atom. The van der Waals surface area contributed by atoms with Crippen LogP contribution in [0.4, 0.5) is 13.2 Å². The maximum Gasteiger partial charge on any atom is 0.573 e. The van der Waals surface area contributed by atoms with Crippen molar-refractivity contribution >= 4 is 24.0 Å². The highest BCUT2D eigenvalue weighted by atomic mass is 35.5. The molecule has 1 aromatic rings. The average Bonchev–Trinajstić information content (AvgIpc) is 2.01. The number of halogens is 5. The molecular weight excluding hydrogens is 254 g/mol. The Labute approximate surface area is 95.6 Å². The van der Waals surface area contributed by atoms with Crippen LogP contribution in [-0.2, 0) is 6.54 Å². The highest BCUT2D eigenvalue weighted by molar-refractivity contribution is 6.31. The molecule has 0 saturated carbocycles. The largest absolute Gasteiger partial charge is 0.573 e. The Hall–Kier alpha value is -0.650. The predicted molar refractivity (Wildman–Crippen MR) is 53.3 cm³/mol. The summed E-state index contributed by atoms with van der Waals surface area (Å²) in [5.41, 5.74) is 5.85. The van der Waals surface area contributed by atoms with E-state index in [9.17, 15) is 13.2 Å². The van der Waals surface area contributed by atoms with E-state index in [1.165, 1.54) is 12.1 Å². The first-order valence-electron chi connectivity index (χ1n) is 3.66. The van der Waals surface area contributed by atoms with Crippen LogP contribution in [0.15, 0.2) is 18.2 Å². The van der Waals surface area contributed by atoms with Crippen molar-refractivity contribution in [1.82, 2.24) is 0 Å². The number of nitrogens with two attached hydrogens (primary N) is 1. The number of ether oxygens (including phenoxy) is 1. The predicted octanol–water partition coefficient (Wildman–Crippen LogP) is 3.12. The lowest BCUT2D eigenvalue weighted by Gasteiger charge is -2.09. The smallest absolute Gasteiger partial charge is 0.406 e. The molecule has 2 N–H and O–H groups in total. The highest BCUT2D eigenvalue weighted by Gasteiger charge is 2.31. The third-order valence-electron chi connectivity index (χ3n) is 1.48. The summed E-state index contributed by atoms with van der Waals surface area (Å²) in [6.07, 6.45) is -4.70. The summed E-state index contributed by atoms with van der Waals surface area (Å²) in [6, 6.07) is 3.64. The Morgan fingerprint density at radius 1 is 1.33 bits per heavy atom. The highest BCUT2D eigenvalue weighted by Crippen LogP contribution is 2.27. The molecule has 0 bridgehead atoms. The van der Waals surface area contributed by atoms with E-state index in [2.05, 4.69) is 4.74 Å². The molecule has 0 aromatic heterocycles. The van der Waals surface area contributed by atoms with Crippen LogP contribution in [-0.4, -0.2) is 6.36 Å². The first kappa shape index (κ1) is 14.3. The van der Waals surface area contributed by atoms with Gasteiger partial charge in [-0.25, -0.2) is 0 Å². The number of rotatable bonds is 2. The third-order valence-corrected chi connectivity index (χ3v) is 1.83. The topological polar surface area (TPSA) is 35.2 Å². The van der Waals surface area contributed by atoms with Gasteiger partial charge in [0.1, 0.15) is 5.75 Å².